The van der Waals surface area contributed by atoms with E-state index in [4.69, 9.17) is 0 Å². The fourth-order valence-corrected chi connectivity index (χ4v) is 5.14. The SMILES string of the molecule is O=S1(=O)[C@@H]2C=CC=C[C@@H]2[C@H]2C=CC=C[C@@H]21. The van der Waals surface area contributed by atoms with Crippen molar-refractivity contribution in [2.75, 3.05) is 0 Å². The summed E-state index contributed by atoms with van der Waals surface area (Å²) in [6.07, 6.45) is 15.3. The van der Waals surface area contributed by atoms with E-state index < -0.39 is 9.84 Å². The fraction of sp³-hybridized carbons (Fsp3) is 0.333. The lowest BCUT2D eigenvalue weighted by molar-refractivity contribution is 0.527. The van der Waals surface area contributed by atoms with E-state index in [0.29, 0.717) is 0 Å². The Morgan fingerprint density at radius 2 is 1.07 bits per heavy atom. The molecule has 1 heterocycles. The summed E-state index contributed by atoms with van der Waals surface area (Å²) in [5.74, 6) is 0.261. The van der Waals surface area contributed by atoms with Crippen LogP contribution in [0, 0.1) is 11.8 Å². The minimum Gasteiger partial charge on any atom is -0.228 e. The van der Waals surface area contributed by atoms with Crippen molar-refractivity contribution >= 4 is 9.84 Å². The van der Waals surface area contributed by atoms with Gasteiger partial charge >= 0.3 is 0 Å². The summed E-state index contributed by atoms with van der Waals surface area (Å²) in [5, 5.41) is -0.630. The molecule has 0 saturated carbocycles. The normalized spacial score (nSPS) is 44.0. The smallest absolute Gasteiger partial charge is 0.164 e. The Morgan fingerprint density at radius 1 is 0.667 bits per heavy atom. The van der Waals surface area contributed by atoms with Crippen LogP contribution < -0.4 is 0 Å². The topological polar surface area (TPSA) is 34.1 Å². The largest absolute Gasteiger partial charge is 0.228 e. The lowest BCUT2D eigenvalue weighted by atomic mass is 9.83. The molecular weight excluding hydrogens is 208 g/mol. The van der Waals surface area contributed by atoms with E-state index in [9.17, 15) is 8.42 Å². The summed E-state index contributed by atoms with van der Waals surface area (Å²) in [6.45, 7) is 0. The highest BCUT2D eigenvalue weighted by molar-refractivity contribution is 7.93. The van der Waals surface area contributed by atoms with Crippen molar-refractivity contribution in [1.82, 2.24) is 0 Å². The molecule has 4 atom stereocenters. The Hall–Kier alpha value is -1.09. The molecule has 3 aliphatic rings. The average Bonchev–Trinajstić information content (AvgIpc) is 2.51. The van der Waals surface area contributed by atoms with Crippen LogP contribution in [0.1, 0.15) is 0 Å². The van der Waals surface area contributed by atoms with Crippen LogP contribution in [-0.4, -0.2) is 18.9 Å². The molecule has 0 aromatic heterocycles. The molecule has 2 nitrogen and oxygen atoms in total. The molecule has 78 valence electrons. The molecule has 0 radical (unpaired) electrons. The molecule has 0 aromatic rings. The summed E-state index contributed by atoms with van der Waals surface area (Å²) in [7, 11) is -3.02. The van der Waals surface area contributed by atoms with Gasteiger partial charge < -0.3 is 0 Å². The predicted octanol–water partition coefficient (Wildman–Crippen LogP) is 1.64. The Kier molecular flexibility index (Phi) is 1.80. The Labute approximate surface area is 89.6 Å². The number of fused-ring (bicyclic) bond motifs is 3. The highest BCUT2D eigenvalue weighted by Crippen LogP contribution is 2.43. The maximum Gasteiger partial charge on any atom is 0.164 e. The van der Waals surface area contributed by atoms with Gasteiger partial charge in [-0.25, -0.2) is 8.42 Å². The zero-order chi connectivity index (χ0) is 10.5. The number of hydrogen-bond donors (Lipinski definition) is 0. The maximum atomic E-state index is 12.2. The van der Waals surface area contributed by atoms with Crippen molar-refractivity contribution in [2.45, 2.75) is 10.5 Å². The highest BCUT2D eigenvalue weighted by Gasteiger charge is 2.51. The molecule has 0 bridgehead atoms. The number of allylic oxidation sites excluding steroid dienone is 6. The van der Waals surface area contributed by atoms with Crippen molar-refractivity contribution in [3.63, 3.8) is 0 Å². The van der Waals surface area contributed by atoms with Gasteiger partial charge in [0.2, 0.25) is 0 Å². The van der Waals surface area contributed by atoms with Gasteiger partial charge in [0, 0.05) is 11.8 Å². The predicted molar refractivity (Wildman–Crippen MR) is 60.0 cm³/mol. The van der Waals surface area contributed by atoms with Gasteiger partial charge in [0.05, 0.1) is 10.5 Å². The van der Waals surface area contributed by atoms with Gasteiger partial charge in [0.1, 0.15) is 0 Å². The third-order valence-corrected chi connectivity index (χ3v) is 5.91. The van der Waals surface area contributed by atoms with Gasteiger partial charge in [-0.15, -0.1) is 0 Å². The quantitative estimate of drug-likeness (QED) is 0.622. The van der Waals surface area contributed by atoms with Crippen LogP contribution in [0.15, 0.2) is 48.6 Å². The molecule has 15 heavy (non-hydrogen) atoms. The minimum absolute atomic E-state index is 0.131. The van der Waals surface area contributed by atoms with Crippen molar-refractivity contribution < 1.29 is 8.42 Å². The lowest BCUT2D eigenvalue weighted by Crippen LogP contribution is -2.23. The first-order valence-corrected chi connectivity index (χ1v) is 6.75. The second-order valence-electron chi connectivity index (χ2n) is 4.21. The van der Waals surface area contributed by atoms with E-state index in [2.05, 4.69) is 0 Å². The minimum atomic E-state index is -3.02. The van der Waals surface area contributed by atoms with Gasteiger partial charge in [0.25, 0.3) is 0 Å². The number of rotatable bonds is 0. The van der Waals surface area contributed by atoms with Crippen molar-refractivity contribution in [1.29, 1.82) is 0 Å². The third kappa shape index (κ3) is 1.13. The van der Waals surface area contributed by atoms with Crippen LogP contribution >= 0.6 is 0 Å². The van der Waals surface area contributed by atoms with E-state index in [1.54, 1.807) is 0 Å². The molecule has 0 amide bonds. The van der Waals surface area contributed by atoms with Gasteiger partial charge in [0.15, 0.2) is 9.84 Å². The van der Waals surface area contributed by atoms with Crippen molar-refractivity contribution in [3.8, 4) is 0 Å². The maximum absolute atomic E-state index is 12.2. The lowest BCUT2D eigenvalue weighted by Gasteiger charge is -2.19. The highest BCUT2D eigenvalue weighted by atomic mass is 32.2. The van der Waals surface area contributed by atoms with E-state index >= 15 is 0 Å². The van der Waals surface area contributed by atoms with E-state index in [-0.39, 0.29) is 22.3 Å². The van der Waals surface area contributed by atoms with Crippen LogP contribution in [0.5, 0.6) is 0 Å². The summed E-state index contributed by atoms with van der Waals surface area (Å²) in [4.78, 5) is 0. The van der Waals surface area contributed by atoms with Crippen LogP contribution in [-0.2, 0) is 9.84 Å². The van der Waals surface area contributed by atoms with Gasteiger partial charge in [-0.05, 0) is 0 Å². The number of sulfone groups is 1. The third-order valence-electron chi connectivity index (χ3n) is 3.45. The van der Waals surface area contributed by atoms with Crippen molar-refractivity contribution in [3.05, 3.63) is 48.6 Å². The molecule has 1 fully saturated rings. The first-order valence-electron chi connectivity index (χ1n) is 5.14. The molecule has 0 spiro atoms. The van der Waals surface area contributed by atoms with Crippen LogP contribution in [0.4, 0.5) is 0 Å². The Morgan fingerprint density at radius 3 is 1.53 bits per heavy atom. The molecule has 1 saturated heterocycles. The number of hydrogen-bond acceptors (Lipinski definition) is 2. The molecular formula is C12H12O2S. The van der Waals surface area contributed by atoms with E-state index in [0.717, 1.165) is 0 Å². The standard InChI is InChI=1S/C12H12O2S/c13-15(14)11-7-3-1-5-9(11)10-6-2-4-8-12(10)15/h1-12H/t9-,10-,11-,12+/m1/s1. The summed E-state index contributed by atoms with van der Waals surface area (Å²) in [6, 6.07) is 0. The van der Waals surface area contributed by atoms with Crippen LogP contribution in [0.2, 0.25) is 0 Å². The van der Waals surface area contributed by atoms with Gasteiger partial charge in [-0.3, -0.25) is 0 Å². The van der Waals surface area contributed by atoms with Crippen molar-refractivity contribution in [2.24, 2.45) is 11.8 Å². The summed E-state index contributed by atoms with van der Waals surface area (Å²) < 4.78 is 24.4. The van der Waals surface area contributed by atoms with Crippen LogP contribution in [0.3, 0.4) is 0 Å². The summed E-state index contributed by atoms with van der Waals surface area (Å²) >= 11 is 0. The average molecular weight is 220 g/mol. The second kappa shape index (κ2) is 2.95. The molecule has 0 N–H and O–H groups in total. The Balaban J connectivity index is 2.16. The van der Waals surface area contributed by atoms with E-state index in [1.807, 2.05) is 48.6 Å². The second-order valence-corrected chi connectivity index (χ2v) is 6.48. The fourth-order valence-electron chi connectivity index (χ4n) is 2.74. The molecule has 0 unspecified atom stereocenters. The Bertz CT molecular complexity index is 454. The molecule has 2 aliphatic carbocycles. The van der Waals surface area contributed by atoms with Gasteiger partial charge in [-0.1, -0.05) is 48.6 Å². The molecule has 0 aromatic carbocycles. The molecule has 1 aliphatic heterocycles. The zero-order valence-electron chi connectivity index (χ0n) is 8.15. The van der Waals surface area contributed by atoms with Gasteiger partial charge in [-0.2, -0.15) is 0 Å². The first kappa shape index (κ1) is 9.16. The zero-order valence-corrected chi connectivity index (χ0v) is 8.97. The molecule has 3 rings (SSSR count). The summed E-state index contributed by atoms with van der Waals surface area (Å²) in [5.41, 5.74) is 0. The monoisotopic (exact) mass is 220 g/mol. The van der Waals surface area contributed by atoms with E-state index in [1.165, 1.54) is 0 Å². The van der Waals surface area contributed by atoms with Crippen LogP contribution in [0.25, 0.3) is 0 Å². The first-order chi connectivity index (χ1) is 7.21. The molecule has 3 heteroatoms.